The van der Waals surface area contributed by atoms with Crippen LogP contribution >= 0.6 is 23.4 Å². The van der Waals surface area contributed by atoms with E-state index in [0.717, 1.165) is 22.2 Å². The van der Waals surface area contributed by atoms with E-state index in [-0.39, 0.29) is 0 Å². The predicted octanol–water partition coefficient (Wildman–Crippen LogP) is 4.48. The molecule has 0 fully saturated rings. The van der Waals surface area contributed by atoms with Crippen molar-refractivity contribution < 1.29 is 0 Å². The quantitative estimate of drug-likeness (QED) is 0.431. The van der Waals surface area contributed by atoms with E-state index in [1.807, 2.05) is 6.92 Å². The van der Waals surface area contributed by atoms with Crippen molar-refractivity contribution in [2.24, 2.45) is 0 Å². The minimum Gasteiger partial charge on any atom is -0.384 e. The fourth-order valence-corrected chi connectivity index (χ4v) is 3.55. The molecule has 6 heteroatoms. The Kier molecular flexibility index (Phi) is 4.41. The minimum absolute atomic E-state index is 0.480. The molecule has 118 valence electrons. The molecule has 2 N–H and O–H groups in total. The third-order valence-electron chi connectivity index (χ3n) is 3.75. The zero-order chi connectivity index (χ0) is 16.6. The van der Waals surface area contributed by atoms with Gasteiger partial charge in [-0.15, -0.1) is 0 Å². The molecule has 0 bridgehead atoms. The van der Waals surface area contributed by atoms with Gasteiger partial charge in [0.15, 0.2) is 5.16 Å². The lowest BCUT2D eigenvalue weighted by Crippen LogP contribution is -1.97. The minimum atomic E-state index is 0.480. The molecule has 0 saturated heterocycles. The maximum absolute atomic E-state index is 6.37. The lowest BCUT2D eigenvalue weighted by Gasteiger charge is -2.09. The SMILES string of the molecule is Cc1cc(N)nc(SCc2cc3ccc(C)c(C)c3nc2Cl)n1. The van der Waals surface area contributed by atoms with Crippen molar-refractivity contribution in [1.29, 1.82) is 0 Å². The molecule has 0 spiro atoms. The van der Waals surface area contributed by atoms with E-state index in [2.05, 4.69) is 47.0 Å². The smallest absolute Gasteiger partial charge is 0.190 e. The van der Waals surface area contributed by atoms with E-state index in [1.165, 1.54) is 22.9 Å². The van der Waals surface area contributed by atoms with Crippen LogP contribution in [0, 0.1) is 20.8 Å². The van der Waals surface area contributed by atoms with Gasteiger partial charge >= 0.3 is 0 Å². The Bertz CT molecular complexity index is 875. The standard InChI is InChI=1S/C17H17ClN4S/c1-9-4-5-12-7-13(16(18)22-15(12)11(9)3)8-23-17-20-10(2)6-14(19)21-17/h4-7H,8H2,1-3H3,(H2,19,20,21). The first-order valence-corrected chi connectivity index (χ1v) is 8.59. The summed E-state index contributed by atoms with van der Waals surface area (Å²) >= 11 is 7.87. The van der Waals surface area contributed by atoms with Crippen LogP contribution in [0.3, 0.4) is 0 Å². The van der Waals surface area contributed by atoms with Gasteiger partial charge in [0.1, 0.15) is 11.0 Å². The molecule has 4 nitrogen and oxygen atoms in total. The normalized spacial score (nSPS) is 11.1. The summed E-state index contributed by atoms with van der Waals surface area (Å²) in [5, 5.41) is 2.27. The topological polar surface area (TPSA) is 64.7 Å². The first-order chi connectivity index (χ1) is 10.9. The van der Waals surface area contributed by atoms with E-state index < -0.39 is 0 Å². The maximum Gasteiger partial charge on any atom is 0.190 e. The zero-order valence-electron chi connectivity index (χ0n) is 13.2. The molecule has 0 atom stereocenters. The van der Waals surface area contributed by atoms with Gasteiger partial charge in [-0.3, -0.25) is 0 Å². The molecule has 2 aromatic heterocycles. The van der Waals surface area contributed by atoms with Gasteiger partial charge in [0.2, 0.25) is 0 Å². The molecule has 2 heterocycles. The van der Waals surface area contributed by atoms with Crippen molar-refractivity contribution in [3.63, 3.8) is 0 Å². The number of halogens is 1. The van der Waals surface area contributed by atoms with Crippen LogP contribution in [0.4, 0.5) is 5.82 Å². The second-order valence-corrected chi connectivity index (χ2v) is 6.82. The third-order valence-corrected chi connectivity index (χ3v) is 4.97. The third kappa shape index (κ3) is 3.41. The van der Waals surface area contributed by atoms with Gasteiger partial charge in [0.05, 0.1) is 5.52 Å². The Morgan fingerprint density at radius 3 is 2.61 bits per heavy atom. The van der Waals surface area contributed by atoms with Gasteiger partial charge < -0.3 is 5.73 Å². The number of rotatable bonds is 3. The summed E-state index contributed by atoms with van der Waals surface area (Å²) in [7, 11) is 0. The first-order valence-electron chi connectivity index (χ1n) is 7.23. The van der Waals surface area contributed by atoms with Crippen LogP contribution in [0.2, 0.25) is 5.15 Å². The highest BCUT2D eigenvalue weighted by Crippen LogP contribution is 2.29. The summed E-state index contributed by atoms with van der Waals surface area (Å²) in [5.41, 5.74) is 10.9. The maximum atomic E-state index is 6.37. The van der Waals surface area contributed by atoms with Crippen molar-refractivity contribution in [3.05, 3.63) is 51.8 Å². The van der Waals surface area contributed by atoms with Crippen LogP contribution in [-0.4, -0.2) is 15.0 Å². The molecule has 1 aromatic carbocycles. The number of hydrogen-bond donors (Lipinski definition) is 1. The van der Waals surface area contributed by atoms with Crippen LogP contribution in [0.15, 0.2) is 29.4 Å². The summed E-state index contributed by atoms with van der Waals surface area (Å²) in [5.74, 6) is 1.13. The van der Waals surface area contributed by atoms with Crippen LogP contribution in [-0.2, 0) is 5.75 Å². The van der Waals surface area contributed by atoms with Crippen molar-refractivity contribution in [2.75, 3.05) is 5.73 Å². The highest BCUT2D eigenvalue weighted by molar-refractivity contribution is 7.98. The number of hydrogen-bond acceptors (Lipinski definition) is 5. The number of thioether (sulfide) groups is 1. The molecule has 3 aromatic rings. The van der Waals surface area contributed by atoms with Gasteiger partial charge in [-0.05, 0) is 38.0 Å². The first kappa shape index (κ1) is 16.0. The molecule has 0 aliphatic rings. The molecule has 3 rings (SSSR count). The van der Waals surface area contributed by atoms with Crippen LogP contribution < -0.4 is 5.73 Å². The Balaban J connectivity index is 1.91. The fraction of sp³-hybridized carbons (Fsp3) is 0.235. The second kappa shape index (κ2) is 6.34. The number of aromatic nitrogens is 3. The molecular weight excluding hydrogens is 328 g/mol. The molecule has 0 aliphatic carbocycles. The average molecular weight is 345 g/mol. The van der Waals surface area contributed by atoms with Gasteiger partial charge in [-0.2, -0.15) is 0 Å². The summed E-state index contributed by atoms with van der Waals surface area (Å²) < 4.78 is 0. The molecule has 0 amide bonds. The molecule has 0 aliphatic heterocycles. The number of pyridine rings is 1. The van der Waals surface area contributed by atoms with E-state index in [1.54, 1.807) is 6.07 Å². The summed E-state index contributed by atoms with van der Waals surface area (Å²) in [4.78, 5) is 13.2. The summed E-state index contributed by atoms with van der Waals surface area (Å²) in [6.07, 6.45) is 0. The lowest BCUT2D eigenvalue weighted by atomic mass is 10.0. The second-order valence-electron chi connectivity index (χ2n) is 5.52. The van der Waals surface area contributed by atoms with Crippen molar-refractivity contribution in [2.45, 2.75) is 31.7 Å². The number of nitrogens with two attached hydrogens (primary N) is 1. The van der Waals surface area contributed by atoms with E-state index in [9.17, 15) is 0 Å². The lowest BCUT2D eigenvalue weighted by molar-refractivity contribution is 0.940. The average Bonchev–Trinajstić information content (AvgIpc) is 2.49. The predicted molar refractivity (Wildman–Crippen MR) is 97.0 cm³/mol. The van der Waals surface area contributed by atoms with Crippen molar-refractivity contribution in [1.82, 2.24) is 15.0 Å². The highest BCUT2D eigenvalue weighted by Gasteiger charge is 2.10. The van der Waals surface area contributed by atoms with E-state index >= 15 is 0 Å². The Hall–Kier alpha value is -1.85. The van der Waals surface area contributed by atoms with Crippen molar-refractivity contribution in [3.8, 4) is 0 Å². The Labute approximate surface area is 144 Å². The summed E-state index contributed by atoms with van der Waals surface area (Å²) in [6, 6.07) is 8.02. The van der Waals surface area contributed by atoms with Crippen LogP contribution in [0.1, 0.15) is 22.4 Å². The number of aryl methyl sites for hydroxylation is 3. The largest absolute Gasteiger partial charge is 0.384 e. The Morgan fingerprint density at radius 2 is 1.87 bits per heavy atom. The number of fused-ring (bicyclic) bond motifs is 1. The number of nitrogens with zero attached hydrogens (tertiary/aromatic N) is 3. The van der Waals surface area contributed by atoms with Gasteiger partial charge in [-0.1, -0.05) is 35.5 Å². The van der Waals surface area contributed by atoms with Gasteiger partial charge in [-0.25, -0.2) is 15.0 Å². The highest BCUT2D eigenvalue weighted by atomic mass is 35.5. The number of benzene rings is 1. The van der Waals surface area contributed by atoms with Crippen LogP contribution in [0.5, 0.6) is 0 Å². The summed E-state index contributed by atoms with van der Waals surface area (Å²) in [6.45, 7) is 6.05. The molecule has 0 radical (unpaired) electrons. The zero-order valence-corrected chi connectivity index (χ0v) is 14.8. The number of anilines is 1. The fourth-order valence-electron chi connectivity index (χ4n) is 2.38. The van der Waals surface area contributed by atoms with Gasteiger partial charge in [0.25, 0.3) is 0 Å². The van der Waals surface area contributed by atoms with E-state index in [0.29, 0.717) is 21.9 Å². The molecule has 23 heavy (non-hydrogen) atoms. The van der Waals surface area contributed by atoms with Crippen molar-refractivity contribution >= 4 is 40.1 Å². The van der Waals surface area contributed by atoms with Crippen LogP contribution in [0.25, 0.3) is 10.9 Å². The molecule has 0 saturated carbocycles. The van der Waals surface area contributed by atoms with E-state index in [4.69, 9.17) is 17.3 Å². The number of nitrogen functional groups attached to an aromatic ring is 1. The molecular formula is C17H17ClN4S. The monoisotopic (exact) mass is 344 g/mol. The Morgan fingerprint density at radius 1 is 1.09 bits per heavy atom. The molecule has 0 unspecified atom stereocenters. The van der Waals surface area contributed by atoms with Gasteiger partial charge in [0, 0.05) is 28.5 Å².